The third-order valence-electron chi connectivity index (χ3n) is 3.44. The number of nitrogens with zero attached hydrogens (tertiary/aromatic N) is 2. The zero-order valence-corrected chi connectivity index (χ0v) is 13.0. The Balaban J connectivity index is 2.09. The van der Waals surface area contributed by atoms with E-state index >= 15 is 0 Å². The summed E-state index contributed by atoms with van der Waals surface area (Å²) >= 11 is 4.65. The topological polar surface area (TPSA) is 86.3 Å². The lowest BCUT2D eigenvalue weighted by atomic mass is 10.1. The molecule has 2 aromatic heterocycles. The molecule has 0 saturated carbocycles. The molecule has 0 unspecified atom stereocenters. The zero-order chi connectivity index (χ0) is 14.4. The van der Waals surface area contributed by atoms with Gasteiger partial charge in [0.25, 0.3) is 5.56 Å². The van der Waals surface area contributed by atoms with Gasteiger partial charge in [-0.15, -0.1) is 11.3 Å². The van der Waals surface area contributed by atoms with E-state index in [-0.39, 0.29) is 17.5 Å². The van der Waals surface area contributed by atoms with Crippen molar-refractivity contribution in [1.82, 2.24) is 14.9 Å². The van der Waals surface area contributed by atoms with Crippen LogP contribution in [0.5, 0.6) is 0 Å². The molecule has 1 aliphatic heterocycles. The van der Waals surface area contributed by atoms with Crippen molar-refractivity contribution >= 4 is 43.6 Å². The van der Waals surface area contributed by atoms with Gasteiger partial charge >= 0.3 is 6.09 Å². The number of nitrogens with one attached hydrogen (secondary N) is 1. The van der Waals surface area contributed by atoms with Gasteiger partial charge in [-0.05, 0) is 34.3 Å². The minimum absolute atomic E-state index is 0.217. The van der Waals surface area contributed by atoms with E-state index in [9.17, 15) is 14.7 Å². The highest BCUT2D eigenvalue weighted by atomic mass is 79.9. The van der Waals surface area contributed by atoms with Gasteiger partial charge in [0.1, 0.15) is 10.5 Å². The Morgan fingerprint density at radius 3 is 3.10 bits per heavy atom. The molecule has 0 radical (unpaired) electrons. The summed E-state index contributed by atoms with van der Waals surface area (Å²) in [7, 11) is 0. The Morgan fingerprint density at radius 1 is 1.65 bits per heavy atom. The van der Waals surface area contributed by atoms with E-state index in [0.717, 1.165) is 3.79 Å². The number of aromatic nitrogens is 2. The molecule has 0 aromatic carbocycles. The molecule has 20 heavy (non-hydrogen) atoms. The number of H-pyrrole nitrogens is 1. The number of halogens is 1. The van der Waals surface area contributed by atoms with Crippen molar-refractivity contribution < 1.29 is 9.90 Å². The molecule has 3 heterocycles. The van der Waals surface area contributed by atoms with Gasteiger partial charge in [-0.25, -0.2) is 9.78 Å². The largest absolute Gasteiger partial charge is 0.465 e. The average molecular weight is 358 g/mol. The summed E-state index contributed by atoms with van der Waals surface area (Å²) in [6.45, 7) is 2.46. The second-order valence-electron chi connectivity index (χ2n) is 5.01. The normalized spacial score (nSPS) is 22.6. The van der Waals surface area contributed by atoms with Crippen molar-refractivity contribution in [3.8, 4) is 0 Å². The fourth-order valence-electron chi connectivity index (χ4n) is 2.60. The molecule has 0 spiro atoms. The smallest absolute Gasteiger partial charge is 0.407 e. The molecule has 2 aromatic rings. The van der Waals surface area contributed by atoms with Gasteiger partial charge in [-0.2, -0.15) is 0 Å². The second-order valence-corrected chi connectivity index (χ2v) is 7.44. The third kappa shape index (κ3) is 2.22. The van der Waals surface area contributed by atoms with Crippen LogP contribution in [0, 0.1) is 5.92 Å². The lowest BCUT2D eigenvalue weighted by molar-refractivity contribution is 0.138. The summed E-state index contributed by atoms with van der Waals surface area (Å²) in [5.74, 6) is 0.686. The van der Waals surface area contributed by atoms with Gasteiger partial charge in [-0.1, -0.05) is 6.92 Å². The predicted molar refractivity (Wildman–Crippen MR) is 79.2 cm³/mol. The minimum Gasteiger partial charge on any atom is -0.465 e. The van der Waals surface area contributed by atoms with Crippen LogP contribution in [0.15, 0.2) is 14.6 Å². The zero-order valence-electron chi connectivity index (χ0n) is 10.6. The molecule has 1 fully saturated rings. The van der Waals surface area contributed by atoms with Crippen LogP contribution in [0.4, 0.5) is 4.79 Å². The standard InChI is InChI=1S/C12H12BrN3O3S/c1-5-2-7(16(4-5)12(18)19)10-14-6-3-8(13)20-9(6)11(17)15-10/h3,5,7H,2,4H2,1H3,(H,18,19)(H,14,15,17)/t5-,7-/m0/s1. The molecule has 1 saturated heterocycles. The molecule has 3 rings (SSSR count). The van der Waals surface area contributed by atoms with Crippen LogP contribution < -0.4 is 5.56 Å². The minimum atomic E-state index is -0.978. The van der Waals surface area contributed by atoms with Crippen molar-refractivity contribution in [3.63, 3.8) is 0 Å². The summed E-state index contributed by atoms with van der Waals surface area (Å²) in [5.41, 5.74) is 0.385. The van der Waals surface area contributed by atoms with Crippen LogP contribution >= 0.6 is 27.3 Å². The monoisotopic (exact) mass is 357 g/mol. The Morgan fingerprint density at radius 2 is 2.40 bits per heavy atom. The molecule has 2 atom stereocenters. The Labute approximate surface area is 126 Å². The van der Waals surface area contributed by atoms with E-state index in [1.165, 1.54) is 16.2 Å². The fraction of sp³-hybridized carbons (Fsp3) is 0.417. The first kappa shape index (κ1) is 13.6. The summed E-state index contributed by atoms with van der Waals surface area (Å²) in [4.78, 5) is 31.8. The maximum atomic E-state index is 12.1. The average Bonchev–Trinajstić information content (AvgIpc) is 2.91. The number of hydrogen-bond donors (Lipinski definition) is 2. The van der Waals surface area contributed by atoms with Crippen molar-refractivity contribution in [2.24, 2.45) is 5.92 Å². The Kier molecular flexibility index (Phi) is 3.29. The number of fused-ring (bicyclic) bond motifs is 1. The second kappa shape index (κ2) is 4.85. The van der Waals surface area contributed by atoms with Gasteiger partial charge in [0, 0.05) is 6.54 Å². The highest BCUT2D eigenvalue weighted by Gasteiger charge is 2.35. The van der Waals surface area contributed by atoms with Crippen LogP contribution in [-0.2, 0) is 0 Å². The van der Waals surface area contributed by atoms with E-state index in [1.54, 1.807) is 6.07 Å². The van der Waals surface area contributed by atoms with Crippen molar-refractivity contribution in [1.29, 1.82) is 0 Å². The van der Waals surface area contributed by atoms with Crippen molar-refractivity contribution in [2.45, 2.75) is 19.4 Å². The number of thiophene rings is 1. The van der Waals surface area contributed by atoms with Crippen molar-refractivity contribution in [2.75, 3.05) is 6.54 Å². The fourth-order valence-corrected chi connectivity index (χ4v) is 4.02. The van der Waals surface area contributed by atoms with Gasteiger partial charge in [0.15, 0.2) is 0 Å². The van der Waals surface area contributed by atoms with E-state index < -0.39 is 6.09 Å². The van der Waals surface area contributed by atoms with E-state index in [2.05, 4.69) is 25.9 Å². The molecule has 2 N–H and O–H groups in total. The lowest BCUT2D eigenvalue weighted by Gasteiger charge is -2.20. The maximum Gasteiger partial charge on any atom is 0.407 e. The number of aromatic amines is 1. The number of likely N-dealkylation sites (tertiary alicyclic amines) is 1. The molecule has 1 aliphatic rings. The molecule has 106 valence electrons. The summed E-state index contributed by atoms with van der Waals surface area (Å²) in [5, 5.41) is 9.25. The summed E-state index contributed by atoms with van der Waals surface area (Å²) in [6, 6.07) is 1.40. The summed E-state index contributed by atoms with van der Waals surface area (Å²) < 4.78 is 1.38. The molecule has 1 amide bonds. The number of carboxylic acid groups (broad SMARTS) is 1. The molecular weight excluding hydrogens is 346 g/mol. The van der Waals surface area contributed by atoms with E-state index in [0.29, 0.717) is 29.0 Å². The van der Waals surface area contributed by atoms with Crippen LogP contribution in [-0.4, -0.2) is 32.6 Å². The van der Waals surface area contributed by atoms with Crippen LogP contribution in [0.25, 0.3) is 10.2 Å². The van der Waals surface area contributed by atoms with Gasteiger partial charge in [-0.3, -0.25) is 9.69 Å². The Bertz CT molecular complexity index is 741. The maximum absolute atomic E-state index is 12.1. The molecule has 8 heteroatoms. The quantitative estimate of drug-likeness (QED) is 0.821. The molecule has 6 nitrogen and oxygen atoms in total. The highest BCUT2D eigenvalue weighted by Crippen LogP contribution is 2.34. The van der Waals surface area contributed by atoms with Crippen molar-refractivity contribution in [3.05, 3.63) is 26.0 Å². The van der Waals surface area contributed by atoms with E-state index in [1.807, 2.05) is 6.92 Å². The van der Waals surface area contributed by atoms with Gasteiger partial charge in [0.2, 0.25) is 0 Å². The van der Waals surface area contributed by atoms with Gasteiger partial charge in [0.05, 0.1) is 15.3 Å². The lowest BCUT2D eigenvalue weighted by Crippen LogP contribution is -2.31. The molecule has 0 aliphatic carbocycles. The first-order valence-corrected chi connectivity index (χ1v) is 7.75. The summed E-state index contributed by atoms with van der Waals surface area (Å²) in [6.07, 6.45) is -0.305. The number of hydrogen-bond acceptors (Lipinski definition) is 4. The van der Waals surface area contributed by atoms with Crippen LogP contribution in [0.2, 0.25) is 0 Å². The predicted octanol–water partition coefficient (Wildman–Crippen LogP) is 2.81. The number of amides is 1. The Hall–Kier alpha value is -1.41. The highest BCUT2D eigenvalue weighted by molar-refractivity contribution is 9.11. The number of carbonyl (C=O) groups is 1. The van der Waals surface area contributed by atoms with Gasteiger partial charge < -0.3 is 10.1 Å². The molecular formula is C12H12BrN3O3S. The molecule has 0 bridgehead atoms. The first-order chi connectivity index (χ1) is 9.45. The van der Waals surface area contributed by atoms with Crippen LogP contribution in [0.1, 0.15) is 25.2 Å². The first-order valence-electron chi connectivity index (χ1n) is 6.14. The third-order valence-corrected chi connectivity index (χ3v) is 5.07. The number of rotatable bonds is 1. The van der Waals surface area contributed by atoms with Crippen LogP contribution in [0.3, 0.4) is 0 Å². The SMILES string of the molecule is C[C@H]1C[C@@H](c2nc3cc(Br)sc3c(=O)[nH]2)N(C(=O)O)C1. The van der Waals surface area contributed by atoms with E-state index in [4.69, 9.17) is 0 Å².